The van der Waals surface area contributed by atoms with Crippen molar-refractivity contribution in [3.8, 4) is 0 Å². The van der Waals surface area contributed by atoms with E-state index in [1.54, 1.807) is 4.90 Å². The molecule has 0 aromatic carbocycles. The van der Waals surface area contributed by atoms with Gasteiger partial charge in [0.05, 0.1) is 0 Å². The highest BCUT2D eigenvalue weighted by Gasteiger charge is 2.18. The van der Waals surface area contributed by atoms with Gasteiger partial charge in [0.1, 0.15) is 0 Å². The van der Waals surface area contributed by atoms with E-state index in [0.717, 1.165) is 19.5 Å². The van der Waals surface area contributed by atoms with E-state index in [9.17, 15) is 4.79 Å². The minimum atomic E-state index is -0.0222. The minimum Gasteiger partial charge on any atom is -0.360 e. The second-order valence-electron chi connectivity index (χ2n) is 3.33. The third kappa shape index (κ3) is 3.16. The summed E-state index contributed by atoms with van der Waals surface area (Å²) in [4.78, 5) is 13.8. The smallest absolute Gasteiger partial charge is 0.284 e. The number of hydrogen-bond acceptors (Lipinski definition) is 5. The predicted molar refractivity (Wildman–Crippen MR) is 65.9 cm³/mol. The first kappa shape index (κ1) is 12.9. The van der Waals surface area contributed by atoms with Crippen LogP contribution in [0.1, 0.15) is 37.0 Å². The van der Waals surface area contributed by atoms with Crippen LogP contribution in [-0.2, 0) is 0 Å². The summed E-state index contributed by atoms with van der Waals surface area (Å²) in [5.74, 6) is -0.0222. The summed E-state index contributed by atoms with van der Waals surface area (Å²) in [7, 11) is 0. The Kier molecular flexibility index (Phi) is 5.18. The largest absolute Gasteiger partial charge is 0.360 e. The number of nitrogens with zero attached hydrogens (tertiary/aromatic N) is 3. The summed E-state index contributed by atoms with van der Waals surface area (Å²) in [6.45, 7) is 8.28. The molecule has 0 aliphatic heterocycles. The van der Waals surface area contributed by atoms with Gasteiger partial charge in [-0.25, -0.2) is 0 Å². The number of rotatable bonds is 6. The van der Waals surface area contributed by atoms with Crippen LogP contribution in [0.3, 0.4) is 0 Å². The molecule has 1 aromatic rings. The molecule has 0 atom stereocenters. The van der Waals surface area contributed by atoms with Gasteiger partial charge in [-0.05, 0) is 20.3 Å². The molecule has 90 valence electrons. The van der Waals surface area contributed by atoms with Crippen molar-refractivity contribution in [2.24, 2.45) is 0 Å². The van der Waals surface area contributed by atoms with Crippen LogP contribution in [0.5, 0.6) is 0 Å². The molecule has 1 amide bonds. The highest BCUT2D eigenvalue weighted by atomic mass is 32.1. The molecule has 16 heavy (non-hydrogen) atoms. The zero-order valence-electron chi connectivity index (χ0n) is 9.99. The van der Waals surface area contributed by atoms with Crippen molar-refractivity contribution in [3.05, 3.63) is 5.01 Å². The lowest BCUT2D eigenvalue weighted by atomic mass is 10.4. The van der Waals surface area contributed by atoms with Crippen molar-refractivity contribution in [3.63, 3.8) is 0 Å². The van der Waals surface area contributed by atoms with Crippen molar-refractivity contribution in [2.45, 2.75) is 27.2 Å². The van der Waals surface area contributed by atoms with Gasteiger partial charge in [0.2, 0.25) is 10.1 Å². The van der Waals surface area contributed by atoms with Crippen molar-refractivity contribution in [1.29, 1.82) is 0 Å². The van der Waals surface area contributed by atoms with Gasteiger partial charge >= 0.3 is 0 Å². The third-order valence-electron chi connectivity index (χ3n) is 2.10. The molecule has 0 saturated carbocycles. The first-order valence-corrected chi connectivity index (χ1v) is 6.41. The lowest BCUT2D eigenvalue weighted by Crippen LogP contribution is -2.31. The van der Waals surface area contributed by atoms with Gasteiger partial charge in [-0.1, -0.05) is 18.3 Å². The second kappa shape index (κ2) is 6.42. The Balaban J connectivity index is 2.70. The lowest BCUT2D eigenvalue weighted by Gasteiger charge is -2.17. The Bertz CT molecular complexity index is 339. The maximum absolute atomic E-state index is 12.0. The van der Waals surface area contributed by atoms with Gasteiger partial charge in [-0.3, -0.25) is 4.79 Å². The van der Waals surface area contributed by atoms with Gasteiger partial charge in [-0.2, -0.15) is 0 Å². The average molecular weight is 242 g/mol. The van der Waals surface area contributed by atoms with Crippen molar-refractivity contribution in [1.82, 2.24) is 15.1 Å². The molecule has 0 spiro atoms. The Morgan fingerprint density at radius 1 is 1.38 bits per heavy atom. The van der Waals surface area contributed by atoms with Gasteiger partial charge in [-0.15, -0.1) is 10.2 Å². The van der Waals surface area contributed by atoms with E-state index >= 15 is 0 Å². The minimum absolute atomic E-state index is 0.0222. The predicted octanol–water partition coefficient (Wildman–Crippen LogP) is 1.84. The van der Waals surface area contributed by atoms with Crippen molar-refractivity contribution >= 4 is 22.4 Å². The van der Waals surface area contributed by atoms with E-state index < -0.39 is 0 Å². The third-order valence-corrected chi connectivity index (χ3v) is 2.97. The van der Waals surface area contributed by atoms with Crippen LogP contribution in [0.4, 0.5) is 5.13 Å². The molecule has 0 bridgehead atoms. The van der Waals surface area contributed by atoms with E-state index in [2.05, 4.69) is 22.4 Å². The van der Waals surface area contributed by atoms with Gasteiger partial charge < -0.3 is 10.2 Å². The number of anilines is 1. The highest BCUT2D eigenvalue weighted by molar-refractivity contribution is 7.17. The molecule has 1 N–H and O–H groups in total. The van der Waals surface area contributed by atoms with Crippen LogP contribution in [0.15, 0.2) is 0 Å². The Labute approximate surface area is 99.9 Å². The number of nitrogens with one attached hydrogen (secondary N) is 1. The summed E-state index contributed by atoms with van der Waals surface area (Å²) in [5, 5.41) is 12.0. The van der Waals surface area contributed by atoms with Crippen LogP contribution in [0.25, 0.3) is 0 Å². The van der Waals surface area contributed by atoms with Crippen LogP contribution in [0.2, 0.25) is 0 Å². The zero-order valence-corrected chi connectivity index (χ0v) is 10.8. The molecule has 0 saturated heterocycles. The number of hydrogen-bond donors (Lipinski definition) is 1. The summed E-state index contributed by atoms with van der Waals surface area (Å²) in [6.07, 6.45) is 0.957. The van der Waals surface area contributed by atoms with Crippen LogP contribution in [-0.4, -0.2) is 40.6 Å². The maximum Gasteiger partial charge on any atom is 0.284 e. The van der Waals surface area contributed by atoms with Crippen LogP contribution in [0, 0.1) is 0 Å². The lowest BCUT2D eigenvalue weighted by molar-refractivity contribution is 0.0763. The number of carbonyl (C=O) groups is 1. The van der Waals surface area contributed by atoms with Crippen LogP contribution >= 0.6 is 11.3 Å². The summed E-state index contributed by atoms with van der Waals surface area (Å²) >= 11 is 1.31. The Morgan fingerprint density at radius 3 is 2.69 bits per heavy atom. The monoisotopic (exact) mass is 242 g/mol. The molecular formula is C10H18N4OS. The van der Waals surface area contributed by atoms with Crippen molar-refractivity contribution in [2.75, 3.05) is 25.0 Å². The van der Waals surface area contributed by atoms with Crippen LogP contribution < -0.4 is 5.32 Å². The average Bonchev–Trinajstić information content (AvgIpc) is 2.74. The summed E-state index contributed by atoms with van der Waals surface area (Å²) in [5.41, 5.74) is 0. The molecule has 1 heterocycles. The molecule has 1 aromatic heterocycles. The maximum atomic E-state index is 12.0. The van der Waals surface area contributed by atoms with Gasteiger partial charge in [0, 0.05) is 19.6 Å². The standard InChI is InChI=1S/C10H18N4OS/c1-4-7-14(6-3)9(15)8-12-13-10(16-8)11-5-2/h4-7H2,1-3H3,(H,11,13). The molecule has 0 radical (unpaired) electrons. The van der Waals surface area contributed by atoms with E-state index in [-0.39, 0.29) is 5.91 Å². The van der Waals surface area contributed by atoms with E-state index in [0.29, 0.717) is 16.7 Å². The van der Waals surface area contributed by atoms with E-state index in [4.69, 9.17) is 0 Å². The Morgan fingerprint density at radius 2 is 2.12 bits per heavy atom. The van der Waals surface area contributed by atoms with E-state index in [1.807, 2.05) is 13.8 Å². The summed E-state index contributed by atoms with van der Waals surface area (Å²) < 4.78 is 0. The molecular weight excluding hydrogens is 224 g/mol. The topological polar surface area (TPSA) is 58.1 Å². The fraction of sp³-hybridized carbons (Fsp3) is 0.700. The number of aromatic nitrogens is 2. The molecule has 0 aliphatic rings. The fourth-order valence-corrected chi connectivity index (χ4v) is 2.12. The zero-order chi connectivity index (χ0) is 12.0. The molecule has 6 heteroatoms. The SMILES string of the molecule is CCCN(CC)C(=O)c1nnc(NCC)s1. The Hall–Kier alpha value is -1.17. The van der Waals surface area contributed by atoms with Crippen molar-refractivity contribution < 1.29 is 4.79 Å². The molecule has 0 unspecified atom stereocenters. The quantitative estimate of drug-likeness (QED) is 0.827. The van der Waals surface area contributed by atoms with Gasteiger partial charge in [0.25, 0.3) is 5.91 Å². The number of amides is 1. The number of carbonyl (C=O) groups excluding carboxylic acids is 1. The summed E-state index contributed by atoms with van der Waals surface area (Å²) in [6, 6.07) is 0. The molecule has 5 nitrogen and oxygen atoms in total. The van der Waals surface area contributed by atoms with E-state index in [1.165, 1.54) is 11.3 Å². The molecule has 0 aliphatic carbocycles. The second-order valence-corrected chi connectivity index (χ2v) is 4.31. The first-order chi connectivity index (χ1) is 7.72. The molecule has 0 fully saturated rings. The normalized spacial score (nSPS) is 10.2. The molecule has 1 rings (SSSR count). The van der Waals surface area contributed by atoms with Gasteiger partial charge in [0.15, 0.2) is 0 Å². The fourth-order valence-electron chi connectivity index (χ4n) is 1.34. The first-order valence-electron chi connectivity index (χ1n) is 5.59. The highest BCUT2D eigenvalue weighted by Crippen LogP contribution is 2.16.